The second-order valence-corrected chi connectivity index (χ2v) is 3.26. The third-order valence-electron chi connectivity index (χ3n) is 2.04. The first-order valence-corrected chi connectivity index (χ1v) is 4.62. The molecule has 0 aliphatic carbocycles. The Morgan fingerprint density at radius 3 is 2.82 bits per heavy atom. The lowest BCUT2D eigenvalue weighted by molar-refractivity contribution is -0.389. The van der Waals surface area contributed by atoms with Gasteiger partial charge in [0.15, 0.2) is 5.76 Å². The van der Waals surface area contributed by atoms with Gasteiger partial charge in [-0.1, -0.05) is 0 Å². The van der Waals surface area contributed by atoms with Gasteiger partial charge in [-0.15, -0.1) is 0 Å². The summed E-state index contributed by atoms with van der Waals surface area (Å²) >= 11 is 0. The minimum atomic E-state index is -0.664. The Balaban J connectivity index is 2.13. The van der Waals surface area contributed by atoms with Gasteiger partial charge in [-0.25, -0.2) is 0 Å². The highest BCUT2D eigenvalue weighted by atomic mass is 16.6. The third kappa shape index (κ3) is 2.30. The Morgan fingerprint density at radius 2 is 2.29 bits per heavy atom. The maximum Gasteiger partial charge on any atom is 0.389 e. The Bertz CT molecular complexity index is 521. The van der Waals surface area contributed by atoms with E-state index in [9.17, 15) is 14.9 Å². The zero-order valence-corrected chi connectivity index (χ0v) is 8.57. The standard InChI is InChI=1S/C9H8N4O4/c10-9(14)7-2-1-6(17-7)5-12-4-3-8(11-12)13(15)16/h1-4H,5H2,(H2,10,14). The van der Waals surface area contributed by atoms with Crippen molar-refractivity contribution in [1.82, 2.24) is 9.78 Å². The molecule has 17 heavy (non-hydrogen) atoms. The number of primary amides is 1. The van der Waals surface area contributed by atoms with E-state index >= 15 is 0 Å². The Kier molecular flexibility index (Phi) is 2.61. The molecular weight excluding hydrogens is 228 g/mol. The number of nitrogens with zero attached hydrogens (tertiary/aromatic N) is 3. The molecule has 8 heteroatoms. The summed E-state index contributed by atoms with van der Waals surface area (Å²) in [5.74, 6) is -0.423. The van der Waals surface area contributed by atoms with Crippen LogP contribution in [0.3, 0.4) is 0 Å². The largest absolute Gasteiger partial charge is 0.454 e. The average Bonchev–Trinajstić information content (AvgIpc) is 2.87. The number of aromatic nitrogens is 2. The van der Waals surface area contributed by atoms with Crippen LogP contribution in [0, 0.1) is 10.1 Å². The summed E-state index contributed by atoms with van der Waals surface area (Å²) in [6.07, 6.45) is 1.45. The van der Waals surface area contributed by atoms with Crippen molar-refractivity contribution in [1.29, 1.82) is 0 Å². The fourth-order valence-electron chi connectivity index (χ4n) is 1.29. The molecule has 2 heterocycles. The molecule has 0 aliphatic rings. The number of furan rings is 1. The summed E-state index contributed by atoms with van der Waals surface area (Å²) in [5.41, 5.74) is 5.02. The molecule has 1 amide bonds. The van der Waals surface area contributed by atoms with E-state index < -0.39 is 10.8 Å². The zero-order chi connectivity index (χ0) is 12.4. The first kappa shape index (κ1) is 10.9. The van der Waals surface area contributed by atoms with E-state index in [0.29, 0.717) is 5.76 Å². The molecule has 0 unspecified atom stereocenters. The Morgan fingerprint density at radius 1 is 1.53 bits per heavy atom. The van der Waals surface area contributed by atoms with Crippen molar-refractivity contribution in [2.75, 3.05) is 0 Å². The van der Waals surface area contributed by atoms with Crippen LogP contribution in [0.5, 0.6) is 0 Å². The van der Waals surface area contributed by atoms with Crippen LogP contribution < -0.4 is 5.73 Å². The van der Waals surface area contributed by atoms with E-state index in [4.69, 9.17) is 10.2 Å². The van der Waals surface area contributed by atoms with Gasteiger partial charge in [0.25, 0.3) is 5.91 Å². The molecule has 0 radical (unpaired) electrons. The maximum atomic E-state index is 10.8. The molecule has 0 atom stereocenters. The summed E-state index contributed by atoms with van der Waals surface area (Å²) in [5, 5.41) is 14.1. The predicted octanol–water partition coefficient (Wildman–Crippen LogP) is 0.531. The minimum absolute atomic E-state index is 0.0432. The van der Waals surface area contributed by atoms with Crippen LogP contribution in [0.1, 0.15) is 16.3 Å². The molecule has 88 valence electrons. The maximum absolute atomic E-state index is 10.8. The molecule has 0 fully saturated rings. The molecule has 0 aliphatic heterocycles. The summed E-state index contributed by atoms with van der Waals surface area (Å²) in [7, 11) is 0. The van der Waals surface area contributed by atoms with Gasteiger partial charge in [-0.05, 0) is 17.1 Å². The van der Waals surface area contributed by atoms with Crippen LogP contribution in [0.2, 0.25) is 0 Å². The number of rotatable bonds is 4. The van der Waals surface area contributed by atoms with Crippen molar-refractivity contribution in [2.24, 2.45) is 5.73 Å². The van der Waals surface area contributed by atoms with Gasteiger partial charge >= 0.3 is 5.82 Å². The van der Waals surface area contributed by atoms with Gasteiger partial charge in [0.05, 0.1) is 17.4 Å². The van der Waals surface area contributed by atoms with Gasteiger partial charge in [-0.2, -0.15) is 4.68 Å². The minimum Gasteiger partial charge on any atom is -0.454 e. The average molecular weight is 236 g/mol. The molecule has 0 saturated heterocycles. The van der Waals surface area contributed by atoms with E-state index in [2.05, 4.69) is 5.10 Å². The van der Waals surface area contributed by atoms with E-state index in [1.165, 1.54) is 23.0 Å². The first-order valence-electron chi connectivity index (χ1n) is 4.62. The number of hydrogen-bond donors (Lipinski definition) is 1. The van der Waals surface area contributed by atoms with Crippen LogP contribution in [-0.4, -0.2) is 20.6 Å². The molecule has 2 N–H and O–H groups in total. The number of hydrogen-bond acceptors (Lipinski definition) is 5. The molecule has 0 aromatic carbocycles. The van der Waals surface area contributed by atoms with Gasteiger partial charge in [0.1, 0.15) is 12.3 Å². The quantitative estimate of drug-likeness (QED) is 0.613. The first-order chi connectivity index (χ1) is 8.06. The Labute approximate surface area is 94.8 Å². The van der Waals surface area contributed by atoms with Crippen molar-refractivity contribution < 1.29 is 14.1 Å². The summed E-state index contributed by atoms with van der Waals surface area (Å²) < 4.78 is 6.45. The van der Waals surface area contributed by atoms with Crippen molar-refractivity contribution in [2.45, 2.75) is 6.54 Å². The number of amides is 1. The van der Waals surface area contributed by atoms with Gasteiger partial charge in [0.2, 0.25) is 0 Å². The van der Waals surface area contributed by atoms with Crippen LogP contribution in [0.4, 0.5) is 5.82 Å². The second kappa shape index (κ2) is 4.08. The highest BCUT2D eigenvalue weighted by Crippen LogP contribution is 2.11. The smallest absolute Gasteiger partial charge is 0.389 e. The van der Waals surface area contributed by atoms with Crippen LogP contribution in [0.25, 0.3) is 0 Å². The summed E-state index contributed by atoms with van der Waals surface area (Å²) in [6.45, 7) is 0.196. The van der Waals surface area contributed by atoms with E-state index in [1.807, 2.05) is 0 Å². The van der Waals surface area contributed by atoms with Crippen molar-refractivity contribution in [3.8, 4) is 0 Å². The highest BCUT2D eigenvalue weighted by molar-refractivity contribution is 5.89. The van der Waals surface area contributed by atoms with Crippen LogP contribution in [-0.2, 0) is 6.54 Å². The molecule has 8 nitrogen and oxygen atoms in total. The van der Waals surface area contributed by atoms with Gasteiger partial charge < -0.3 is 20.3 Å². The number of carbonyl (C=O) groups is 1. The van der Waals surface area contributed by atoms with Crippen molar-refractivity contribution >= 4 is 11.7 Å². The Hall–Kier alpha value is -2.64. The molecule has 0 bridgehead atoms. The van der Waals surface area contributed by atoms with Gasteiger partial charge in [-0.3, -0.25) is 4.79 Å². The highest BCUT2D eigenvalue weighted by Gasteiger charge is 2.13. The van der Waals surface area contributed by atoms with E-state index in [1.54, 1.807) is 6.07 Å². The normalized spacial score (nSPS) is 10.4. The molecule has 2 rings (SSSR count). The van der Waals surface area contributed by atoms with Crippen LogP contribution >= 0.6 is 0 Å². The lowest BCUT2D eigenvalue weighted by Crippen LogP contribution is -2.09. The third-order valence-corrected chi connectivity index (χ3v) is 2.04. The van der Waals surface area contributed by atoms with Crippen molar-refractivity contribution in [3.63, 3.8) is 0 Å². The number of nitro groups is 1. The lowest BCUT2D eigenvalue weighted by Gasteiger charge is -1.92. The molecule has 0 spiro atoms. The molecule has 0 saturated carbocycles. The predicted molar refractivity (Wildman–Crippen MR) is 55.2 cm³/mol. The number of nitrogens with two attached hydrogens (primary N) is 1. The van der Waals surface area contributed by atoms with Crippen LogP contribution in [0.15, 0.2) is 28.8 Å². The molecule has 2 aromatic rings. The molecular formula is C9H8N4O4. The summed E-state index contributed by atoms with van der Waals surface area (Å²) in [6, 6.07) is 4.28. The monoisotopic (exact) mass is 236 g/mol. The topological polar surface area (TPSA) is 117 Å². The van der Waals surface area contributed by atoms with Crippen molar-refractivity contribution in [3.05, 3.63) is 46.0 Å². The SMILES string of the molecule is NC(=O)c1ccc(Cn2ccc([N+](=O)[O-])n2)o1. The van der Waals surface area contributed by atoms with E-state index in [-0.39, 0.29) is 18.1 Å². The fraction of sp³-hybridized carbons (Fsp3) is 0.111. The van der Waals surface area contributed by atoms with Gasteiger partial charge in [0, 0.05) is 0 Å². The lowest BCUT2D eigenvalue weighted by atomic mass is 10.4. The zero-order valence-electron chi connectivity index (χ0n) is 8.57. The second-order valence-electron chi connectivity index (χ2n) is 3.26. The van der Waals surface area contributed by atoms with E-state index in [0.717, 1.165) is 0 Å². The summed E-state index contributed by atoms with van der Waals surface area (Å²) in [4.78, 5) is 20.6. The number of carbonyl (C=O) groups excluding carboxylic acids is 1. The molecule has 2 aromatic heterocycles. The fourth-order valence-corrected chi connectivity index (χ4v) is 1.29.